The standard InChI is InChI=1S/C11H13NO2/c1-7-3-8(2)5-9(4-7)10(6-12)11(13)14/h4,8H,3,5H2,1-2H3,(H,13,14). The van der Waals surface area contributed by atoms with Crippen LogP contribution in [0.15, 0.2) is 22.8 Å². The van der Waals surface area contributed by atoms with E-state index in [9.17, 15) is 4.79 Å². The van der Waals surface area contributed by atoms with Gasteiger partial charge in [-0.1, -0.05) is 18.6 Å². The zero-order valence-electron chi connectivity index (χ0n) is 8.37. The van der Waals surface area contributed by atoms with Crippen LogP contribution in [0.1, 0.15) is 26.7 Å². The Kier molecular flexibility index (Phi) is 3.08. The van der Waals surface area contributed by atoms with E-state index in [0.717, 1.165) is 12.0 Å². The molecule has 0 aromatic rings. The molecule has 0 fully saturated rings. The fourth-order valence-corrected chi connectivity index (χ4v) is 1.84. The van der Waals surface area contributed by atoms with E-state index >= 15 is 0 Å². The second-order valence-electron chi connectivity index (χ2n) is 3.82. The summed E-state index contributed by atoms with van der Waals surface area (Å²) in [5, 5.41) is 17.5. The van der Waals surface area contributed by atoms with Crippen molar-refractivity contribution < 1.29 is 9.90 Å². The SMILES string of the molecule is CC1=CC(=C(C#N)C(=O)O)CC(C)C1. The first-order valence-electron chi connectivity index (χ1n) is 4.58. The number of hydrogen-bond donors (Lipinski definition) is 1. The third-order valence-corrected chi connectivity index (χ3v) is 2.31. The van der Waals surface area contributed by atoms with Gasteiger partial charge in [-0.25, -0.2) is 4.79 Å². The highest BCUT2D eigenvalue weighted by Crippen LogP contribution is 2.28. The zero-order chi connectivity index (χ0) is 10.7. The molecule has 0 spiro atoms. The Morgan fingerprint density at radius 1 is 1.64 bits per heavy atom. The molecule has 0 bridgehead atoms. The summed E-state index contributed by atoms with van der Waals surface area (Å²) in [4.78, 5) is 10.7. The quantitative estimate of drug-likeness (QED) is 0.511. The number of carbonyl (C=O) groups is 1. The van der Waals surface area contributed by atoms with Gasteiger partial charge in [0.1, 0.15) is 11.6 Å². The molecule has 74 valence electrons. The van der Waals surface area contributed by atoms with E-state index in [2.05, 4.69) is 6.92 Å². The van der Waals surface area contributed by atoms with Gasteiger partial charge in [-0.2, -0.15) is 5.26 Å². The molecule has 1 rings (SSSR count). The summed E-state index contributed by atoms with van der Waals surface area (Å²) in [6.07, 6.45) is 3.50. The molecule has 14 heavy (non-hydrogen) atoms. The summed E-state index contributed by atoms with van der Waals surface area (Å²) >= 11 is 0. The Bertz CT molecular complexity index is 358. The normalized spacial score (nSPS) is 24.9. The average molecular weight is 191 g/mol. The number of allylic oxidation sites excluding steroid dienone is 3. The van der Waals surface area contributed by atoms with Crippen molar-refractivity contribution in [3.05, 3.63) is 22.8 Å². The summed E-state index contributed by atoms with van der Waals surface area (Å²) in [6.45, 7) is 4.03. The molecule has 0 radical (unpaired) electrons. The summed E-state index contributed by atoms with van der Waals surface area (Å²) in [5.41, 5.74) is 1.69. The van der Waals surface area contributed by atoms with Gasteiger partial charge in [-0.05, 0) is 31.3 Å². The zero-order valence-corrected chi connectivity index (χ0v) is 8.37. The fourth-order valence-electron chi connectivity index (χ4n) is 1.84. The molecule has 1 unspecified atom stereocenters. The van der Waals surface area contributed by atoms with Crippen LogP contribution in [0, 0.1) is 17.2 Å². The highest BCUT2D eigenvalue weighted by molar-refractivity contribution is 5.92. The molecule has 0 amide bonds. The highest BCUT2D eigenvalue weighted by Gasteiger charge is 2.18. The molecule has 3 nitrogen and oxygen atoms in total. The number of carboxylic acids is 1. The van der Waals surface area contributed by atoms with Crippen LogP contribution in [0.2, 0.25) is 0 Å². The minimum atomic E-state index is -1.12. The fraction of sp³-hybridized carbons (Fsp3) is 0.455. The van der Waals surface area contributed by atoms with Gasteiger partial charge in [0.2, 0.25) is 0 Å². The average Bonchev–Trinajstić information content (AvgIpc) is 2.02. The monoisotopic (exact) mass is 191 g/mol. The number of aliphatic carboxylic acids is 1. The molecule has 1 aliphatic rings. The molecule has 3 heteroatoms. The van der Waals surface area contributed by atoms with Crippen molar-refractivity contribution in [2.75, 3.05) is 0 Å². The van der Waals surface area contributed by atoms with Crippen molar-refractivity contribution in [1.29, 1.82) is 5.26 Å². The molecule has 0 aromatic heterocycles. The topological polar surface area (TPSA) is 61.1 Å². The highest BCUT2D eigenvalue weighted by atomic mass is 16.4. The van der Waals surface area contributed by atoms with Crippen molar-refractivity contribution in [3.8, 4) is 6.07 Å². The number of hydrogen-bond acceptors (Lipinski definition) is 2. The van der Waals surface area contributed by atoms with Gasteiger partial charge in [-0.3, -0.25) is 0 Å². The maximum atomic E-state index is 10.7. The first-order valence-corrected chi connectivity index (χ1v) is 4.58. The predicted octanol–water partition coefficient (Wildman–Crippen LogP) is 2.27. The van der Waals surface area contributed by atoms with Gasteiger partial charge in [0.15, 0.2) is 0 Å². The molecule has 0 heterocycles. The Hall–Kier alpha value is -1.56. The molecule has 0 saturated carbocycles. The van der Waals surface area contributed by atoms with Crippen molar-refractivity contribution in [1.82, 2.24) is 0 Å². The molecular weight excluding hydrogens is 178 g/mol. The Morgan fingerprint density at radius 2 is 2.29 bits per heavy atom. The minimum absolute atomic E-state index is 0.115. The first kappa shape index (κ1) is 10.5. The van der Waals surface area contributed by atoms with Crippen molar-refractivity contribution in [3.63, 3.8) is 0 Å². The van der Waals surface area contributed by atoms with Gasteiger partial charge in [0, 0.05) is 0 Å². The van der Waals surface area contributed by atoms with Gasteiger partial charge in [0.05, 0.1) is 0 Å². The first-order chi connectivity index (χ1) is 6.54. The van der Waals surface area contributed by atoms with Crippen LogP contribution in [-0.2, 0) is 4.79 Å². The van der Waals surface area contributed by atoms with Crippen LogP contribution < -0.4 is 0 Å². The second-order valence-corrected chi connectivity index (χ2v) is 3.82. The summed E-state index contributed by atoms with van der Waals surface area (Å²) in [7, 11) is 0. The molecular formula is C11H13NO2. The van der Waals surface area contributed by atoms with Crippen LogP contribution in [0.25, 0.3) is 0 Å². The van der Waals surface area contributed by atoms with Gasteiger partial charge < -0.3 is 5.11 Å². The lowest BCUT2D eigenvalue weighted by Crippen LogP contribution is -2.09. The molecule has 0 aromatic carbocycles. The summed E-state index contributed by atoms with van der Waals surface area (Å²) < 4.78 is 0. The molecule has 0 aliphatic heterocycles. The van der Waals surface area contributed by atoms with E-state index in [1.165, 1.54) is 0 Å². The van der Waals surface area contributed by atoms with E-state index in [1.807, 2.05) is 13.0 Å². The lowest BCUT2D eigenvalue weighted by molar-refractivity contribution is -0.132. The van der Waals surface area contributed by atoms with Gasteiger partial charge in [0.25, 0.3) is 0 Å². The molecule has 1 atom stereocenters. The Balaban J connectivity index is 3.13. The van der Waals surface area contributed by atoms with Crippen LogP contribution >= 0.6 is 0 Å². The van der Waals surface area contributed by atoms with E-state index < -0.39 is 5.97 Å². The van der Waals surface area contributed by atoms with Crippen LogP contribution in [0.5, 0.6) is 0 Å². The number of nitriles is 1. The molecule has 0 saturated heterocycles. The Labute approximate surface area is 83.4 Å². The maximum absolute atomic E-state index is 10.7. The largest absolute Gasteiger partial charge is 0.477 e. The Morgan fingerprint density at radius 3 is 2.71 bits per heavy atom. The summed E-state index contributed by atoms with van der Waals surface area (Å²) in [5.74, 6) is -0.696. The third-order valence-electron chi connectivity index (χ3n) is 2.31. The second kappa shape index (κ2) is 4.10. The lowest BCUT2D eigenvalue weighted by Gasteiger charge is -2.19. The van der Waals surface area contributed by atoms with Crippen molar-refractivity contribution >= 4 is 5.97 Å². The smallest absolute Gasteiger partial charge is 0.346 e. The van der Waals surface area contributed by atoms with Crippen LogP contribution in [0.3, 0.4) is 0 Å². The number of carboxylic acid groups (broad SMARTS) is 1. The summed E-state index contributed by atoms with van der Waals surface area (Å²) in [6, 6.07) is 1.75. The van der Waals surface area contributed by atoms with Crippen LogP contribution in [-0.4, -0.2) is 11.1 Å². The predicted molar refractivity (Wildman–Crippen MR) is 52.4 cm³/mol. The molecule has 1 N–H and O–H groups in total. The van der Waals surface area contributed by atoms with E-state index in [1.54, 1.807) is 6.07 Å². The third kappa shape index (κ3) is 2.23. The van der Waals surface area contributed by atoms with E-state index in [-0.39, 0.29) is 5.57 Å². The van der Waals surface area contributed by atoms with Crippen molar-refractivity contribution in [2.45, 2.75) is 26.7 Å². The lowest BCUT2D eigenvalue weighted by atomic mass is 9.86. The van der Waals surface area contributed by atoms with Crippen LogP contribution in [0.4, 0.5) is 0 Å². The maximum Gasteiger partial charge on any atom is 0.346 e. The van der Waals surface area contributed by atoms with Crippen molar-refractivity contribution in [2.24, 2.45) is 5.92 Å². The van der Waals surface area contributed by atoms with E-state index in [0.29, 0.717) is 17.9 Å². The van der Waals surface area contributed by atoms with Gasteiger partial charge >= 0.3 is 5.97 Å². The molecule has 1 aliphatic carbocycles. The minimum Gasteiger partial charge on any atom is -0.477 e. The number of nitrogens with zero attached hydrogens (tertiary/aromatic N) is 1. The number of rotatable bonds is 1. The van der Waals surface area contributed by atoms with E-state index in [4.69, 9.17) is 10.4 Å². The van der Waals surface area contributed by atoms with Gasteiger partial charge in [-0.15, -0.1) is 0 Å².